The van der Waals surface area contributed by atoms with Gasteiger partial charge in [0, 0.05) is 37.5 Å². The topological polar surface area (TPSA) is 83.8 Å². The van der Waals surface area contributed by atoms with Crippen LogP contribution >= 0.6 is 0 Å². The zero-order valence-corrected chi connectivity index (χ0v) is 14.9. The summed E-state index contributed by atoms with van der Waals surface area (Å²) in [7, 11) is 1.94. The number of aromatic nitrogens is 4. The Morgan fingerprint density at radius 2 is 2.12 bits per heavy atom. The van der Waals surface area contributed by atoms with E-state index in [1.165, 1.54) is 5.56 Å². The summed E-state index contributed by atoms with van der Waals surface area (Å²) in [6, 6.07) is 9.73. The third-order valence-electron chi connectivity index (χ3n) is 4.75. The van der Waals surface area contributed by atoms with Crippen LogP contribution in [0.25, 0.3) is 11.3 Å². The van der Waals surface area contributed by atoms with E-state index in [1.807, 2.05) is 42.9 Å². The average molecular weight is 348 g/mol. The maximum absolute atomic E-state index is 8.97. The molecule has 1 saturated heterocycles. The molecule has 1 atom stereocenters. The van der Waals surface area contributed by atoms with Crippen molar-refractivity contribution in [1.82, 2.24) is 24.8 Å². The van der Waals surface area contributed by atoms with Gasteiger partial charge in [-0.05, 0) is 32.0 Å². The fourth-order valence-electron chi connectivity index (χ4n) is 3.50. The van der Waals surface area contributed by atoms with Crippen molar-refractivity contribution in [2.24, 2.45) is 7.05 Å². The predicted molar refractivity (Wildman–Crippen MR) is 95.0 cm³/mol. The Hall–Kier alpha value is -2.98. The van der Waals surface area contributed by atoms with Crippen LogP contribution in [0.4, 0.5) is 0 Å². The summed E-state index contributed by atoms with van der Waals surface area (Å²) < 4.78 is 7.18. The van der Waals surface area contributed by atoms with Gasteiger partial charge >= 0.3 is 0 Å². The maximum atomic E-state index is 8.97. The second kappa shape index (κ2) is 6.73. The van der Waals surface area contributed by atoms with Crippen LogP contribution in [-0.2, 0) is 13.6 Å². The van der Waals surface area contributed by atoms with E-state index in [1.54, 1.807) is 0 Å². The number of nitriles is 1. The smallest absolute Gasteiger partial charge is 0.231 e. The molecule has 1 aromatic carbocycles. The zero-order valence-electron chi connectivity index (χ0n) is 14.9. The monoisotopic (exact) mass is 348 g/mol. The van der Waals surface area contributed by atoms with Gasteiger partial charge in [0.2, 0.25) is 5.89 Å². The van der Waals surface area contributed by atoms with Gasteiger partial charge in [-0.15, -0.1) is 0 Å². The molecule has 1 aliphatic rings. The van der Waals surface area contributed by atoms with Gasteiger partial charge in [-0.3, -0.25) is 9.58 Å². The van der Waals surface area contributed by atoms with Gasteiger partial charge in [-0.25, -0.2) is 0 Å². The van der Waals surface area contributed by atoms with Crippen LogP contribution in [0, 0.1) is 18.3 Å². The highest BCUT2D eigenvalue weighted by Gasteiger charge is 2.28. The molecule has 0 spiro atoms. The lowest BCUT2D eigenvalue weighted by molar-refractivity contribution is 0.309. The minimum Gasteiger partial charge on any atom is -0.339 e. The molecule has 0 radical (unpaired) electrons. The molecule has 1 aliphatic heterocycles. The van der Waals surface area contributed by atoms with E-state index in [4.69, 9.17) is 9.78 Å². The Morgan fingerprint density at radius 3 is 2.81 bits per heavy atom. The Kier molecular flexibility index (Phi) is 4.27. The first-order chi connectivity index (χ1) is 12.6. The molecule has 0 aliphatic carbocycles. The number of aryl methyl sites for hydroxylation is 2. The van der Waals surface area contributed by atoms with Crippen LogP contribution in [0.15, 0.2) is 35.0 Å². The lowest BCUT2D eigenvalue weighted by Gasteiger charge is -2.15. The van der Waals surface area contributed by atoms with Crippen molar-refractivity contribution in [1.29, 1.82) is 5.26 Å². The van der Waals surface area contributed by atoms with E-state index in [-0.39, 0.29) is 0 Å². The summed E-state index contributed by atoms with van der Waals surface area (Å²) in [6.07, 6.45) is 3.09. The molecule has 0 amide bonds. The molecule has 0 unspecified atom stereocenters. The molecule has 132 valence electrons. The van der Waals surface area contributed by atoms with Crippen LogP contribution < -0.4 is 0 Å². The van der Waals surface area contributed by atoms with Gasteiger partial charge in [-0.1, -0.05) is 17.3 Å². The summed E-state index contributed by atoms with van der Waals surface area (Å²) in [5, 5.41) is 17.5. The molecule has 0 N–H and O–H groups in total. The molecule has 1 fully saturated rings. The van der Waals surface area contributed by atoms with Crippen LogP contribution in [0.3, 0.4) is 0 Å². The summed E-state index contributed by atoms with van der Waals surface area (Å²) >= 11 is 0. The normalized spacial score (nSPS) is 17.5. The summed E-state index contributed by atoms with van der Waals surface area (Å²) in [5.41, 5.74) is 3.83. The quantitative estimate of drug-likeness (QED) is 0.721. The Morgan fingerprint density at radius 1 is 1.31 bits per heavy atom. The molecule has 3 heterocycles. The van der Waals surface area contributed by atoms with Crippen molar-refractivity contribution in [3.63, 3.8) is 0 Å². The first-order valence-corrected chi connectivity index (χ1v) is 8.68. The third-order valence-corrected chi connectivity index (χ3v) is 4.75. The van der Waals surface area contributed by atoms with E-state index in [0.29, 0.717) is 17.3 Å². The minimum absolute atomic E-state index is 0.297. The molecule has 3 aromatic rings. The third kappa shape index (κ3) is 3.24. The van der Waals surface area contributed by atoms with Gasteiger partial charge in [0.1, 0.15) is 0 Å². The molecule has 4 rings (SSSR count). The fourth-order valence-corrected chi connectivity index (χ4v) is 3.50. The fraction of sp³-hybridized carbons (Fsp3) is 0.368. The van der Waals surface area contributed by atoms with Gasteiger partial charge in [-0.2, -0.15) is 15.3 Å². The SMILES string of the molecule is Cc1noc([C@@H]2CCN(Cc3cn(C)nc3-c3ccc(C#N)cc3)C2)n1. The van der Waals surface area contributed by atoms with Crippen molar-refractivity contribution < 1.29 is 4.52 Å². The van der Waals surface area contributed by atoms with Crippen molar-refractivity contribution in [2.75, 3.05) is 13.1 Å². The summed E-state index contributed by atoms with van der Waals surface area (Å²) in [5.74, 6) is 1.73. The van der Waals surface area contributed by atoms with Crippen LogP contribution in [0.1, 0.15) is 35.2 Å². The lowest BCUT2D eigenvalue weighted by atomic mass is 10.1. The average Bonchev–Trinajstić information content (AvgIpc) is 3.36. The number of hydrogen-bond acceptors (Lipinski definition) is 6. The molecule has 7 heteroatoms. The number of likely N-dealkylation sites (tertiary alicyclic amines) is 1. The highest BCUT2D eigenvalue weighted by atomic mass is 16.5. The molecule has 2 aromatic heterocycles. The molecule has 0 bridgehead atoms. The minimum atomic E-state index is 0.297. The number of nitrogens with zero attached hydrogens (tertiary/aromatic N) is 6. The van der Waals surface area contributed by atoms with Crippen LogP contribution in [0.5, 0.6) is 0 Å². The number of rotatable bonds is 4. The van der Waals surface area contributed by atoms with E-state index < -0.39 is 0 Å². The van der Waals surface area contributed by atoms with Crippen LogP contribution in [0.2, 0.25) is 0 Å². The van der Waals surface area contributed by atoms with Crippen molar-refractivity contribution in [3.05, 3.63) is 53.3 Å². The van der Waals surface area contributed by atoms with Crippen LogP contribution in [-0.4, -0.2) is 37.9 Å². The first-order valence-electron chi connectivity index (χ1n) is 8.68. The second-order valence-corrected chi connectivity index (χ2v) is 6.77. The standard InChI is InChI=1S/C19H20N6O/c1-13-21-19(26-23-13)16-7-8-25(11-16)12-17-10-24(2)22-18(17)15-5-3-14(9-20)4-6-15/h3-6,10,16H,7-8,11-12H2,1-2H3/t16-/m1/s1. The lowest BCUT2D eigenvalue weighted by Crippen LogP contribution is -2.20. The molecule has 26 heavy (non-hydrogen) atoms. The Bertz CT molecular complexity index is 949. The van der Waals surface area contributed by atoms with Crippen molar-refractivity contribution in [3.8, 4) is 17.3 Å². The molecule has 0 saturated carbocycles. The summed E-state index contributed by atoms with van der Waals surface area (Å²) in [6.45, 7) is 4.57. The van der Waals surface area contributed by atoms with Gasteiger partial charge < -0.3 is 4.52 Å². The van der Waals surface area contributed by atoms with Gasteiger partial charge in [0.15, 0.2) is 5.82 Å². The highest BCUT2D eigenvalue weighted by Crippen LogP contribution is 2.29. The zero-order chi connectivity index (χ0) is 18.1. The molecular formula is C19H20N6O. The molecular weight excluding hydrogens is 328 g/mol. The highest BCUT2D eigenvalue weighted by molar-refractivity contribution is 5.63. The van der Waals surface area contributed by atoms with Gasteiger partial charge in [0.05, 0.1) is 23.2 Å². The first kappa shape index (κ1) is 16.5. The number of hydrogen-bond donors (Lipinski definition) is 0. The van der Waals surface area contributed by atoms with E-state index >= 15 is 0 Å². The Balaban J connectivity index is 1.51. The largest absolute Gasteiger partial charge is 0.339 e. The van der Waals surface area contributed by atoms with E-state index in [0.717, 1.165) is 43.2 Å². The Labute approximate surface area is 151 Å². The maximum Gasteiger partial charge on any atom is 0.231 e. The molecule has 7 nitrogen and oxygen atoms in total. The van der Waals surface area contributed by atoms with E-state index in [2.05, 4.69) is 32.4 Å². The number of benzene rings is 1. The predicted octanol–water partition coefficient (Wildman–Crippen LogP) is 2.64. The summed E-state index contributed by atoms with van der Waals surface area (Å²) in [4.78, 5) is 6.77. The second-order valence-electron chi connectivity index (χ2n) is 6.77. The van der Waals surface area contributed by atoms with Crippen molar-refractivity contribution in [2.45, 2.75) is 25.8 Å². The van der Waals surface area contributed by atoms with Crippen molar-refractivity contribution >= 4 is 0 Å². The van der Waals surface area contributed by atoms with Gasteiger partial charge in [0.25, 0.3) is 0 Å². The van der Waals surface area contributed by atoms with E-state index in [9.17, 15) is 0 Å².